The predicted octanol–water partition coefficient (Wildman–Crippen LogP) is 2.82. The summed E-state index contributed by atoms with van der Waals surface area (Å²) in [7, 11) is -3.07. The Morgan fingerprint density at radius 2 is 2.07 bits per heavy atom. The molecule has 6 nitrogen and oxygen atoms in total. The molecule has 2 saturated heterocycles. The van der Waals surface area contributed by atoms with Crippen LogP contribution in [0.1, 0.15) is 49.2 Å². The van der Waals surface area contributed by atoms with Crippen LogP contribution in [0.3, 0.4) is 0 Å². The van der Waals surface area contributed by atoms with Gasteiger partial charge in [-0.1, -0.05) is 11.6 Å². The second-order valence-corrected chi connectivity index (χ2v) is 12.2. The number of piperidine rings is 2. The first-order valence-electron chi connectivity index (χ1n) is 9.99. The van der Waals surface area contributed by atoms with Crippen molar-refractivity contribution in [2.75, 3.05) is 39.0 Å². The second-order valence-electron chi connectivity index (χ2n) is 8.56. The van der Waals surface area contributed by atoms with E-state index in [9.17, 15) is 13.5 Å². The summed E-state index contributed by atoms with van der Waals surface area (Å²) < 4.78 is 31.9. The molecule has 2 fully saturated rings. The first kappa shape index (κ1) is 21.0. The molecule has 158 valence electrons. The molecule has 1 spiro atoms. The van der Waals surface area contributed by atoms with Gasteiger partial charge in [0.1, 0.15) is 11.7 Å². The van der Waals surface area contributed by atoms with Crippen LogP contribution in [0.15, 0.2) is 6.07 Å². The summed E-state index contributed by atoms with van der Waals surface area (Å²) in [6.07, 6.45) is 4.36. The maximum absolute atomic E-state index is 11.7. The van der Waals surface area contributed by atoms with Crippen LogP contribution in [0.2, 0.25) is 4.34 Å². The molecule has 0 amide bonds. The lowest BCUT2D eigenvalue weighted by Crippen LogP contribution is -2.52. The lowest BCUT2D eigenvalue weighted by atomic mass is 9.81. The van der Waals surface area contributed by atoms with Gasteiger partial charge in [-0.3, -0.25) is 0 Å². The number of hydrogen-bond acceptors (Lipinski definition) is 6. The Bertz CT molecular complexity index is 822. The second kappa shape index (κ2) is 7.80. The van der Waals surface area contributed by atoms with Crippen LogP contribution in [0.4, 0.5) is 0 Å². The molecule has 3 aliphatic rings. The van der Waals surface area contributed by atoms with Gasteiger partial charge in [0.25, 0.3) is 0 Å². The predicted molar refractivity (Wildman–Crippen MR) is 111 cm³/mol. The summed E-state index contributed by atoms with van der Waals surface area (Å²) in [4.78, 5) is 3.62. The number of hydrogen-bond donors (Lipinski definition) is 1. The average Bonchev–Trinajstić information content (AvgIpc) is 3.04. The van der Waals surface area contributed by atoms with Crippen LogP contribution < -0.4 is 0 Å². The molecule has 0 saturated carbocycles. The highest BCUT2D eigenvalue weighted by atomic mass is 35.5. The number of fused-ring (bicyclic) bond motifs is 2. The Hall–Kier alpha value is -0.220. The first-order valence-corrected chi connectivity index (χ1v) is 13.0. The van der Waals surface area contributed by atoms with Crippen molar-refractivity contribution in [1.29, 1.82) is 0 Å². The third kappa shape index (κ3) is 4.02. The van der Waals surface area contributed by atoms with Gasteiger partial charge in [-0.05, 0) is 44.6 Å². The maximum Gasteiger partial charge on any atom is 0.211 e. The fourth-order valence-electron chi connectivity index (χ4n) is 4.99. The third-order valence-corrected chi connectivity index (χ3v) is 9.38. The van der Waals surface area contributed by atoms with Gasteiger partial charge in [-0.15, -0.1) is 11.3 Å². The van der Waals surface area contributed by atoms with E-state index in [4.69, 9.17) is 16.3 Å². The van der Waals surface area contributed by atoms with Crippen LogP contribution in [-0.2, 0) is 20.4 Å². The summed E-state index contributed by atoms with van der Waals surface area (Å²) in [5.74, 6) is 0.537. The van der Waals surface area contributed by atoms with Gasteiger partial charge in [0.2, 0.25) is 10.0 Å². The van der Waals surface area contributed by atoms with Crippen molar-refractivity contribution in [2.24, 2.45) is 5.92 Å². The molecule has 0 unspecified atom stereocenters. The van der Waals surface area contributed by atoms with Gasteiger partial charge in [0.05, 0.1) is 17.2 Å². The van der Waals surface area contributed by atoms with Gasteiger partial charge in [-0.2, -0.15) is 0 Å². The minimum atomic E-state index is -3.07. The van der Waals surface area contributed by atoms with E-state index >= 15 is 0 Å². The van der Waals surface area contributed by atoms with Crippen molar-refractivity contribution in [2.45, 2.75) is 50.4 Å². The fraction of sp³-hybridized carbons (Fsp3) is 0.789. The summed E-state index contributed by atoms with van der Waals surface area (Å²) in [5, 5.41) is 10.3. The number of aliphatic hydroxyl groups is 1. The average molecular weight is 449 g/mol. The largest absolute Gasteiger partial charge is 0.386 e. The number of likely N-dealkylation sites (tertiary alicyclic amines) is 1. The van der Waals surface area contributed by atoms with E-state index in [1.807, 2.05) is 6.07 Å². The molecular weight excluding hydrogens is 420 g/mol. The Morgan fingerprint density at radius 1 is 1.36 bits per heavy atom. The SMILES string of the molecule is C[C@H]1C[C@@]2(CCN1CC1CCN(S(C)(=O)=O)CC1)OC[C@H](O)c1cc(Cl)sc12. The van der Waals surface area contributed by atoms with E-state index in [0.717, 1.165) is 49.2 Å². The molecule has 0 aliphatic carbocycles. The zero-order valence-corrected chi connectivity index (χ0v) is 18.8. The highest BCUT2D eigenvalue weighted by Crippen LogP contribution is 2.50. The van der Waals surface area contributed by atoms with Gasteiger partial charge in [0, 0.05) is 42.7 Å². The zero-order valence-electron chi connectivity index (χ0n) is 16.4. The Kier molecular flexibility index (Phi) is 5.86. The number of rotatable bonds is 3. The van der Waals surface area contributed by atoms with Gasteiger partial charge >= 0.3 is 0 Å². The number of aliphatic hydroxyl groups excluding tert-OH is 1. The van der Waals surface area contributed by atoms with E-state index in [2.05, 4.69) is 11.8 Å². The minimum Gasteiger partial charge on any atom is -0.386 e. The number of sulfonamides is 1. The highest BCUT2D eigenvalue weighted by molar-refractivity contribution is 7.88. The maximum atomic E-state index is 11.7. The summed E-state index contributed by atoms with van der Waals surface area (Å²) >= 11 is 7.79. The number of nitrogens with zero attached hydrogens (tertiary/aromatic N) is 2. The smallest absolute Gasteiger partial charge is 0.211 e. The Labute approximate surface area is 176 Å². The van der Waals surface area contributed by atoms with Crippen molar-refractivity contribution >= 4 is 33.0 Å². The summed E-state index contributed by atoms with van der Waals surface area (Å²) in [6, 6.07) is 2.26. The van der Waals surface area contributed by atoms with Crippen molar-refractivity contribution in [3.63, 3.8) is 0 Å². The van der Waals surface area contributed by atoms with Crippen molar-refractivity contribution in [3.8, 4) is 0 Å². The molecule has 3 aliphatic heterocycles. The molecule has 0 bridgehead atoms. The topological polar surface area (TPSA) is 70.1 Å². The Balaban J connectivity index is 1.40. The molecule has 0 radical (unpaired) electrons. The summed E-state index contributed by atoms with van der Waals surface area (Å²) in [5.41, 5.74) is 0.608. The number of ether oxygens (including phenoxy) is 1. The number of thiophene rings is 1. The van der Waals surface area contributed by atoms with Crippen molar-refractivity contribution in [1.82, 2.24) is 9.21 Å². The molecule has 1 N–H and O–H groups in total. The van der Waals surface area contributed by atoms with E-state index in [1.165, 1.54) is 6.26 Å². The molecule has 4 rings (SSSR count). The fourth-order valence-corrected chi connectivity index (χ4v) is 7.33. The minimum absolute atomic E-state index is 0.330. The van der Waals surface area contributed by atoms with Gasteiger partial charge in [0.15, 0.2) is 0 Å². The quantitative estimate of drug-likeness (QED) is 0.769. The highest BCUT2D eigenvalue weighted by Gasteiger charge is 2.47. The van der Waals surface area contributed by atoms with Crippen LogP contribution in [0, 0.1) is 5.92 Å². The van der Waals surface area contributed by atoms with Crippen LogP contribution in [0.5, 0.6) is 0 Å². The Morgan fingerprint density at radius 3 is 2.71 bits per heavy atom. The van der Waals surface area contributed by atoms with E-state index < -0.39 is 16.1 Å². The van der Waals surface area contributed by atoms with Crippen LogP contribution in [0.25, 0.3) is 0 Å². The van der Waals surface area contributed by atoms with Crippen molar-refractivity contribution in [3.05, 3.63) is 20.8 Å². The van der Waals surface area contributed by atoms with E-state index in [0.29, 0.717) is 36.0 Å². The molecule has 4 heterocycles. The van der Waals surface area contributed by atoms with Gasteiger partial charge < -0.3 is 14.7 Å². The van der Waals surface area contributed by atoms with Crippen LogP contribution in [-0.4, -0.2) is 67.8 Å². The summed E-state index contributed by atoms with van der Waals surface area (Å²) in [6.45, 7) is 5.79. The monoisotopic (exact) mass is 448 g/mol. The van der Waals surface area contributed by atoms with Crippen molar-refractivity contribution < 1.29 is 18.3 Å². The lowest BCUT2D eigenvalue weighted by Gasteiger charge is -2.48. The van der Waals surface area contributed by atoms with E-state index in [-0.39, 0.29) is 5.60 Å². The normalized spacial score (nSPS) is 33.3. The molecule has 28 heavy (non-hydrogen) atoms. The van der Waals surface area contributed by atoms with E-state index in [1.54, 1.807) is 15.6 Å². The molecule has 0 aromatic carbocycles. The molecule has 1 aromatic heterocycles. The molecule has 3 atom stereocenters. The van der Waals surface area contributed by atoms with Crippen LogP contribution >= 0.6 is 22.9 Å². The number of halogens is 1. The standard InChI is InChI=1S/C19H29ClN2O4S2/c1-13-10-19(18-15(9-17(20)27-18)16(23)12-26-19)5-8-21(13)11-14-3-6-22(7-4-14)28(2,24)25/h9,13-14,16,23H,3-8,10-12H2,1-2H3/t13-,16-,19+/m0/s1. The lowest BCUT2D eigenvalue weighted by molar-refractivity contribution is -0.139. The zero-order chi connectivity index (χ0) is 20.1. The van der Waals surface area contributed by atoms with Gasteiger partial charge in [-0.25, -0.2) is 12.7 Å². The first-order chi connectivity index (χ1) is 13.2. The third-order valence-electron chi connectivity index (χ3n) is 6.61. The molecular formula is C19H29ClN2O4S2. The molecule has 1 aromatic rings. The molecule has 9 heteroatoms.